The molecule has 1 aliphatic rings. The van der Waals surface area contributed by atoms with E-state index in [1.54, 1.807) is 0 Å². The van der Waals surface area contributed by atoms with Crippen LogP contribution in [-0.4, -0.2) is 16.4 Å². The quantitative estimate of drug-likeness (QED) is 0.819. The summed E-state index contributed by atoms with van der Waals surface area (Å²) >= 11 is 3.59. The van der Waals surface area contributed by atoms with Gasteiger partial charge in [-0.2, -0.15) is 0 Å². The van der Waals surface area contributed by atoms with E-state index in [9.17, 15) is 0 Å². The van der Waals surface area contributed by atoms with E-state index in [0.717, 1.165) is 6.54 Å². The Morgan fingerprint density at radius 2 is 2.15 bits per heavy atom. The maximum atomic E-state index is 4.23. The number of piperidine rings is 1. The number of halogens is 1. The first-order valence-corrected chi connectivity index (χ1v) is 8.00. The smallest absolute Gasteiger partial charge is 0.0352 e. The van der Waals surface area contributed by atoms with Crippen molar-refractivity contribution in [2.45, 2.75) is 31.8 Å². The summed E-state index contributed by atoms with van der Waals surface area (Å²) in [6.07, 6.45) is 7.68. The summed E-state index contributed by atoms with van der Waals surface area (Å²) in [5.74, 6) is 0. The summed E-state index contributed by atoms with van der Waals surface area (Å²) in [4.78, 5) is 6.81. The summed E-state index contributed by atoms with van der Waals surface area (Å²) in [7, 11) is 0. The summed E-state index contributed by atoms with van der Waals surface area (Å²) in [6.45, 7) is 2.16. The second-order valence-corrected chi connectivity index (χ2v) is 6.31. The number of aromatic nitrogens is 1. The predicted octanol–water partition coefficient (Wildman–Crippen LogP) is 4.57. The highest BCUT2D eigenvalue weighted by Gasteiger charge is 2.23. The molecule has 0 N–H and O–H groups in total. The summed E-state index contributed by atoms with van der Waals surface area (Å²) < 4.78 is 1.17. The van der Waals surface area contributed by atoms with Crippen LogP contribution in [0, 0.1) is 0 Å². The molecule has 2 nitrogen and oxygen atoms in total. The molecule has 0 radical (unpaired) electrons. The zero-order chi connectivity index (χ0) is 13.8. The lowest BCUT2D eigenvalue weighted by Crippen LogP contribution is -2.32. The topological polar surface area (TPSA) is 16.1 Å². The maximum Gasteiger partial charge on any atom is 0.0352 e. The van der Waals surface area contributed by atoms with Crippen molar-refractivity contribution in [3.05, 3.63) is 64.4 Å². The molecule has 1 aliphatic heterocycles. The fourth-order valence-electron chi connectivity index (χ4n) is 3.00. The molecule has 1 atom stereocenters. The number of likely N-dealkylation sites (tertiary alicyclic amines) is 1. The van der Waals surface area contributed by atoms with E-state index in [2.05, 4.69) is 56.1 Å². The zero-order valence-corrected chi connectivity index (χ0v) is 13.1. The molecule has 104 valence electrons. The third-order valence-electron chi connectivity index (χ3n) is 3.96. The van der Waals surface area contributed by atoms with Crippen molar-refractivity contribution in [2.24, 2.45) is 0 Å². The van der Waals surface area contributed by atoms with Gasteiger partial charge in [-0.1, -0.05) is 40.5 Å². The summed E-state index contributed by atoms with van der Waals surface area (Å²) in [6, 6.07) is 13.5. The van der Waals surface area contributed by atoms with Crippen molar-refractivity contribution < 1.29 is 0 Å². The molecule has 0 amide bonds. The van der Waals surface area contributed by atoms with E-state index in [1.807, 2.05) is 18.5 Å². The lowest BCUT2D eigenvalue weighted by atomic mass is 9.95. The Labute approximate surface area is 129 Å². The van der Waals surface area contributed by atoms with Gasteiger partial charge in [0, 0.05) is 29.5 Å². The standard InChI is InChI=1S/C17H19BrN2/c18-16-7-3-6-15(11-16)17-8-1-2-10-20(17)13-14-5-4-9-19-12-14/h3-7,9,11-12,17H,1-2,8,10,13H2. The molecule has 1 saturated heterocycles. The molecule has 1 fully saturated rings. The van der Waals surface area contributed by atoms with Gasteiger partial charge < -0.3 is 0 Å². The third kappa shape index (κ3) is 3.28. The van der Waals surface area contributed by atoms with E-state index in [4.69, 9.17) is 0 Å². The fourth-order valence-corrected chi connectivity index (χ4v) is 3.41. The van der Waals surface area contributed by atoms with Gasteiger partial charge in [0.15, 0.2) is 0 Å². The minimum atomic E-state index is 0.529. The number of rotatable bonds is 3. The molecule has 1 aromatic carbocycles. The second-order valence-electron chi connectivity index (χ2n) is 5.40. The molecular weight excluding hydrogens is 312 g/mol. The molecule has 2 aromatic rings. The molecule has 3 rings (SSSR count). The maximum absolute atomic E-state index is 4.23. The molecule has 20 heavy (non-hydrogen) atoms. The lowest BCUT2D eigenvalue weighted by molar-refractivity contribution is 0.140. The highest BCUT2D eigenvalue weighted by molar-refractivity contribution is 9.10. The number of benzene rings is 1. The van der Waals surface area contributed by atoms with Gasteiger partial charge in [-0.05, 0) is 48.7 Å². The average Bonchev–Trinajstić information content (AvgIpc) is 2.49. The van der Waals surface area contributed by atoms with Gasteiger partial charge in [-0.15, -0.1) is 0 Å². The van der Waals surface area contributed by atoms with Crippen LogP contribution in [0.2, 0.25) is 0 Å². The number of hydrogen-bond donors (Lipinski definition) is 0. The van der Waals surface area contributed by atoms with Crippen LogP contribution >= 0.6 is 15.9 Å². The highest BCUT2D eigenvalue weighted by atomic mass is 79.9. The van der Waals surface area contributed by atoms with Gasteiger partial charge in [-0.3, -0.25) is 9.88 Å². The summed E-state index contributed by atoms with van der Waals surface area (Å²) in [5.41, 5.74) is 2.72. The van der Waals surface area contributed by atoms with Crippen molar-refractivity contribution >= 4 is 15.9 Å². The van der Waals surface area contributed by atoms with Crippen LogP contribution in [0.15, 0.2) is 53.3 Å². The van der Waals surface area contributed by atoms with E-state index >= 15 is 0 Å². The summed E-state index contributed by atoms with van der Waals surface area (Å²) in [5, 5.41) is 0. The Kier molecular flexibility index (Phi) is 4.48. The van der Waals surface area contributed by atoms with Gasteiger partial charge in [0.1, 0.15) is 0 Å². The first-order valence-electron chi connectivity index (χ1n) is 7.21. The van der Waals surface area contributed by atoms with E-state index in [-0.39, 0.29) is 0 Å². The van der Waals surface area contributed by atoms with Crippen LogP contribution in [0.4, 0.5) is 0 Å². The van der Waals surface area contributed by atoms with Crippen molar-refractivity contribution in [3.63, 3.8) is 0 Å². The van der Waals surface area contributed by atoms with Gasteiger partial charge >= 0.3 is 0 Å². The van der Waals surface area contributed by atoms with E-state index in [1.165, 1.54) is 41.4 Å². The zero-order valence-electron chi connectivity index (χ0n) is 11.5. The van der Waals surface area contributed by atoms with Gasteiger partial charge in [0.25, 0.3) is 0 Å². The molecule has 1 unspecified atom stereocenters. The first-order chi connectivity index (χ1) is 9.83. The number of hydrogen-bond acceptors (Lipinski definition) is 2. The minimum Gasteiger partial charge on any atom is -0.292 e. The minimum absolute atomic E-state index is 0.529. The van der Waals surface area contributed by atoms with E-state index in [0.29, 0.717) is 6.04 Å². The van der Waals surface area contributed by atoms with Gasteiger partial charge in [0.05, 0.1) is 0 Å². The van der Waals surface area contributed by atoms with Crippen LogP contribution in [0.1, 0.15) is 36.4 Å². The van der Waals surface area contributed by atoms with E-state index < -0.39 is 0 Å². The Bertz CT molecular complexity index is 556. The largest absolute Gasteiger partial charge is 0.292 e. The normalized spacial score (nSPS) is 19.9. The SMILES string of the molecule is Brc1cccc(C2CCCCN2Cc2cccnc2)c1. The molecule has 3 heteroatoms. The second kappa shape index (κ2) is 6.51. The van der Waals surface area contributed by atoms with Crippen molar-refractivity contribution in [1.29, 1.82) is 0 Å². The molecule has 0 spiro atoms. The van der Waals surface area contributed by atoms with Gasteiger partial charge in [0.2, 0.25) is 0 Å². The van der Waals surface area contributed by atoms with Gasteiger partial charge in [-0.25, -0.2) is 0 Å². The molecule has 0 bridgehead atoms. The van der Waals surface area contributed by atoms with Crippen molar-refractivity contribution in [3.8, 4) is 0 Å². The van der Waals surface area contributed by atoms with Crippen LogP contribution < -0.4 is 0 Å². The van der Waals surface area contributed by atoms with Crippen LogP contribution in [-0.2, 0) is 6.54 Å². The Morgan fingerprint density at radius 3 is 2.95 bits per heavy atom. The van der Waals surface area contributed by atoms with Crippen LogP contribution in [0.25, 0.3) is 0 Å². The number of nitrogens with zero attached hydrogens (tertiary/aromatic N) is 2. The Balaban J connectivity index is 1.80. The molecule has 2 heterocycles. The molecule has 0 aliphatic carbocycles. The molecule has 1 aromatic heterocycles. The predicted molar refractivity (Wildman–Crippen MR) is 85.4 cm³/mol. The van der Waals surface area contributed by atoms with Crippen LogP contribution in [0.5, 0.6) is 0 Å². The molecule has 0 saturated carbocycles. The molecular formula is C17H19BrN2. The van der Waals surface area contributed by atoms with Crippen LogP contribution in [0.3, 0.4) is 0 Å². The fraction of sp³-hybridized carbons (Fsp3) is 0.353. The Hall–Kier alpha value is -1.19. The lowest BCUT2D eigenvalue weighted by Gasteiger charge is -2.36. The number of pyridine rings is 1. The highest BCUT2D eigenvalue weighted by Crippen LogP contribution is 2.33. The monoisotopic (exact) mass is 330 g/mol. The Morgan fingerprint density at radius 1 is 1.20 bits per heavy atom. The first kappa shape index (κ1) is 13.8. The van der Waals surface area contributed by atoms with Crippen molar-refractivity contribution in [1.82, 2.24) is 9.88 Å². The third-order valence-corrected chi connectivity index (χ3v) is 4.45. The van der Waals surface area contributed by atoms with Crippen molar-refractivity contribution in [2.75, 3.05) is 6.54 Å². The average molecular weight is 331 g/mol.